The Labute approximate surface area is 143 Å². The van der Waals surface area contributed by atoms with Crippen molar-refractivity contribution in [2.24, 2.45) is 0 Å². The molecule has 0 heterocycles. The molecule has 0 aliphatic rings. The van der Waals surface area contributed by atoms with E-state index < -0.39 is 5.96 Å². The van der Waals surface area contributed by atoms with E-state index in [0.717, 1.165) is 15.9 Å². The van der Waals surface area contributed by atoms with Crippen LogP contribution in [-0.4, -0.2) is 0 Å². The molecule has 0 N–H and O–H groups in total. The quantitative estimate of drug-likeness (QED) is 0.573. The Kier molecular flexibility index (Phi) is 4.39. The van der Waals surface area contributed by atoms with E-state index >= 15 is 0 Å². The topological polar surface area (TPSA) is 0 Å². The summed E-state index contributed by atoms with van der Waals surface area (Å²) in [4.78, 5) is 0. The van der Waals surface area contributed by atoms with E-state index in [1.54, 1.807) is 0 Å². The van der Waals surface area contributed by atoms with Gasteiger partial charge in [0.1, 0.15) is 0 Å². The van der Waals surface area contributed by atoms with Crippen LogP contribution >= 0.6 is 17.2 Å². The minimum absolute atomic E-state index is 1.16. The summed E-state index contributed by atoms with van der Waals surface area (Å²) < 4.78 is 0. The summed E-state index contributed by atoms with van der Waals surface area (Å²) in [5, 5.41) is 3.49. The second-order valence-corrected chi connectivity index (χ2v) is 11.7. The molecular formula is C21H20ClP. The van der Waals surface area contributed by atoms with Crippen LogP contribution in [0.5, 0.6) is 0 Å². The van der Waals surface area contributed by atoms with Crippen LogP contribution in [0.15, 0.2) is 103 Å². The molecule has 3 aromatic rings. The minimum atomic E-state index is -3.14. The van der Waals surface area contributed by atoms with Gasteiger partial charge in [-0.05, 0) is 0 Å². The molecule has 3 rings (SSSR count). The Morgan fingerprint density at radius 1 is 0.609 bits per heavy atom. The van der Waals surface area contributed by atoms with Gasteiger partial charge in [0.2, 0.25) is 0 Å². The first-order valence-corrected chi connectivity index (χ1v) is 11.0. The number of hydrogen-bond donors (Lipinski definition) is 0. The first kappa shape index (κ1) is 16.0. The molecule has 0 radical (unpaired) electrons. The molecule has 0 amide bonds. The van der Waals surface area contributed by atoms with Gasteiger partial charge in [-0.1, -0.05) is 0 Å². The third kappa shape index (κ3) is 2.53. The zero-order chi connectivity index (χ0) is 16.2. The molecule has 0 saturated heterocycles. The van der Waals surface area contributed by atoms with Gasteiger partial charge >= 0.3 is 143 Å². The van der Waals surface area contributed by atoms with Crippen molar-refractivity contribution in [3.05, 3.63) is 103 Å². The molecule has 23 heavy (non-hydrogen) atoms. The van der Waals surface area contributed by atoms with Crippen LogP contribution in [0, 0.1) is 0 Å². The number of allylic oxidation sites excluding steroid dienone is 1. The molecule has 0 unspecified atom stereocenters. The van der Waals surface area contributed by atoms with Crippen LogP contribution in [0.1, 0.15) is 6.92 Å². The van der Waals surface area contributed by atoms with Crippen molar-refractivity contribution in [2.75, 3.05) is 0 Å². The molecule has 0 aromatic heterocycles. The molecule has 0 atom stereocenters. The van der Waals surface area contributed by atoms with Crippen molar-refractivity contribution in [3.8, 4) is 0 Å². The summed E-state index contributed by atoms with van der Waals surface area (Å²) >= 11 is 7.72. The van der Waals surface area contributed by atoms with Gasteiger partial charge in [0.15, 0.2) is 0 Å². The van der Waals surface area contributed by atoms with E-state index in [4.69, 9.17) is 11.2 Å². The monoisotopic (exact) mass is 338 g/mol. The Balaban J connectivity index is 2.46. The van der Waals surface area contributed by atoms with E-state index in [9.17, 15) is 0 Å². The van der Waals surface area contributed by atoms with Crippen molar-refractivity contribution in [1.82, 2.24) is 0 Å². The fraction of sp³-hybridized carbons (Fsp3) is 0.0476. The molecule has 0 aliphatic heterocycles. The van der Waals surface area contributed by atoms with Crippen LogP contribution in [-0.2, 0) is 0 Å². The van der Waals surface area contributed by atoms with Crippen LogP contribution in [0.4, 0.5) is 0 Å². The van der Waals surface area contributed by atoms with Crippen LogP contribution in [0.2, 0.25) is 0 Å². The summed E-state index contributed by atoms with van der Waals surface area (Å²) in [5.41, 5.74) is 0. The predicted molar refractivity (Wildman–Crippen MR) is 106 cm³/mol. The van der Waals surface area contributed by atoms with E-state index in [1.807, 2.05) is 25.1 Å². The zero-order valence-electron chi connectivity index (χ0n) is 13.1. The summed E-state index contributed by atoms with van der Waals surface area (Å²) in [6, 6.07) is 31.4. The average Bonchev–Trinajstić information content (AvgIpc) is 2.64. The van der Waals surface area contributed by atoms with Crippen LogP contribution < -0.4 is 15.9 Å². The number of benzene rings is 3. The molecular weight excluding hydrogens is 319 g/mol. The predicted octanol–water partition coefficient (Wildman–Crippen LogP) is 5.20. The number of hydrogen-bond acceptors (Lipinski definition) is 0. The summed E-state index contributed by atoms with van der Waals surface area (Å²) in [6.45, 7) is 2.04. The first-order chi connectivity index (χ1) is 11.2. The second-order valence-electron chi connectivity index (χ2n) is 5.56. The third-order valence-electron chi connectivity index (χ3n) is 4.21. The molecule has 0 fully saturated rings. The van der Waals surface area contributed by atoms with Crippen molar-refractivity contribution in [2.45, 2.75) is 6.92 Å². The van der Waals surface area contributed by atoms with Gasteiger partial charge in [-0.15, -0.1) is 0 Å². The van der Waals surface area contributed by atoms with E-state index in [1.165, 1.54) is 0 Å². The van der Waals surface area contributed by atoms with Gasteiger partial charge in [0.05, 0.1) is 0 Å². The Bertz CT molecular complexity index is 696. The van der Waals surface area contributed by atoms with Crippen molar-refractivity contribution in [3.63, 3.8) is 0 Å². The van der Waals surface area contributed by atoms with Crippen molar-refractivity contribution < 1.29 is 0 Å². The Morgan fingerprint density at radius 3 is 1.17 bits per heavy atom. The van der Waals surface area contributed by atoms with Crippen molar-refractivity contribution in [1.29, 1.82) is 0 Å². The molecule has 116 valence electrons. The molecule has 3 aromatic carbocycles. The van der Waals surface area contributed by atoms with Gasteiger partial charge in [0, 0.05) is 0 Å². The molecule has 0 saturated carbocycles. The van der Waals surface area contributed by atoms with Crippen molar-refractivity contribution >= 4 is 33.1 Å². The standard InChI is InChI=1S/C21H20ClP/c1-2-18-23(22,19-12-6-3-7-13-19,20-14-8-4-9-15-20)21-16-10-5-11-17-21/h2-18H,1H3. The van der Waals surface area contributed by atoms with Crippen LogP contribution in [0.3, 0.4) is 0 Å². The van der Waals surface area contributed by atoms with Gasteiger partial charge in [-0.25, -0.2) is 0 Å². The fourth-order valence-electron chi connectivity index (χ4n) is 3.14. The second kappa shape index (κ2) is 6.32. The molecule has 2 heteroatoms. The molecule has 0 spiro atoms. The van der Waals surface area contributed by atoms with Crippen LogP contribution in [0.25, 0.3) is 0 Å². The molecule has 0 bridgehead atoms. The van der Waals surface area contributed by atoms with E-state index in [-0.39, 0.29) is 0 Å². The third-order valence-corrected chi connectivity index (χ3v) is 11.1. The first-order valence-electron chi connectivity index (χ1n) is 7.74. The maximum absolute atomic E-state index is 7.72. The number of rotatable bonds is 4. The SMILES string of the molecule is CC=CP(Cl)(c1ccccc1)(c1ccccc1)c1ccccc1. The Morgan fingerprint density at radius 2 is 0.913 bits per heavy atom. The van der Waals surface area contributed by atoms with Gasteiger partial charge in [-0.2, -0.15) is 0 Å². The summed E-state index contributed by atoms with van der Waals surface area (Å²) in [6.07, 6.45) is 2.08. The normalized spacial score (nSPS) is 13.6. The zero-order valence-corrected chi connectivity index (χ0v) is 14.8. The number of halogens is 1. The maximum atomic E-state index is 7.72. The van der Waals surface area contributed by atoms with E-state index in [0.29, 0.717) is 0 Å². The van der Waals surface area contributed by atoms with Gasteiger partial charge < -0.3 is 0 Å². The van der Waals surface area contributed by atoms with Gasteiger partial charge in [-0.3, -0.25) is 0 Å². The Hall–Kier alpha value is -1.88. The van der Waals surface area contributed by atoms with Gasteiger partial charge in [0.25, 0.3) is 0 Å². The summed E-state index contributed by atoms with van der Waals surface area (Å²) in [7, 11) is 0. The van der Waals surface area contributed by atoms with E-state index in [2.05, 4.69) is 84.7 Å². The average molecular weight is 339 g/mol. The molecule has 0 nitrogen and oxygen atoms in total. The fourth-order valence-corrected chi connectivity index (χ4v) is 8.73. The summed E-state index contributed by atoms with van der Waals surface area (Å²) in [5.74, 6) is -0.922. The molecule has 0 aliphatic carbocycles.